The van der Waals surface area contributed by atoms with Crippen molar-refractivity contribution < 1.29 is 14.5 Å². The summed E-state index contributed by atoms with van der Waals surface area (Å²) in [5.74, 6) is -0.103. The lowest BCUT2D eigenvalue weighted by atomic mass is 10.1. The van der Waals surface area contributed by atoms with Crippen LogP contribution in [0.2, 0.25) is 0 Å². The lowest BCUT2D eigenvalue weighted by Crippen LogP contribution is -3.14. The van der Waals surface area contributed by atoms with E-state index < -0.39 is 0 Å². The van der Waals surface area contributed by atoms with Crippen LogP contribution in [-0.4, -0.2) is 31.4 Å². The summed E-state index contributed by atoms with van der Waals surface area (Å²) in [6.07, 6.45) is 0. The fourth-order valence-electron chi connectivity index (χ4n) is 2.99. The number of hydrogen-bond acceptors (Lipinski definition) is 3. The second-order valence-electron chi connectivity index (χ2n) is 6.64. The van der Waals surface area contributed by atoms with Crippen molar-refractivity contribution in [1.82, 2.24) is 5.32 Å². The predicted molar refractivity (Wildman–Crippen MR) is 107 cm³/mol. The fraction of sp³-hybridized carbons (Fsp3) is 0.400. The molecule has 0 spiro atoms. The number of anilines is 1. The summed E-state index contributed by atoms with van der Waals surface area (Å²) in [4.78, 5) is 26.6. The topological polar surface area (TPSA) is 62.6 Å². The van der Waals surface area contributed by atoms with Crippen LogP contribution in [0, 0.1) is 20.8 Å². The third-order valence-electron chi connectivity index (χ3n) is 4.30. The van der Waals surface area contributed by atoms with Crippen LogP contribution in [0.3, 0.4) is 0 Å². The van der Waals surface area contributed by atoms with Gasteiger partial charge in [0.1, 0.15) is 0 Å². The first-order valence-corrected chi connectivity index (χ1v) is 9.77. The first-order valence-electron chi connectivity index (χ1n) is 8.89. The molecule has 2 aromatic rings. The summed E-state index contributed by atoms with van der Waals surface area (Å²) >= 11 is 1.62. The highest BCUT2D eigenvalue weighted by Crippen LogP contribution is 2.21. The van der Waals surface area contributed by atoms with Crippen molar-refractivity contribution in [2.45, 2.75) is 34.2 Å². The van der Waals surface area contributed by atoms with Crippen molar-refractivity contribution >= 4 is 28.8 Å². The number of likely N-dealkylation sites (N-methyl/N-ethyl adjacent to an activating group) is 1. The van der Waals surface area contributed by atoms with Gasteiger partial charge in [-0.05, 0) is 50.3 Å². The van der Waals surface area contributed by atoms with Gasteiger partial charge in [-0.2, -0.15) is 0 Å². The maximum atomic E-state index is 12.4. The quantitative estimate of drug-likeness (QED) is 0.660. The highest BCUT2D eigenvalue weighted by Gasteiger charge is 2.18. The summed E-state index contributed by atoms with van der Waals surface area (Å²) in [5, 5.41) is 7.92. The molecule has 1 unspecified atom stereocenters. The number of carbonyl (C=O) groups excluding carboxylic acids is 2. The van der Waals surface area contributed by atoms with Gasteiger partial charge in [-0.25, -0.2) is 0 Å². The molecule has 6 heteroatoms. The van der Waals surface area contributed by atoms with Gasteiger partial charge >= 0.3 is 0 Å². The molecular formula is C20H28N3O2S+. The number of amides is 2. The van der Waals surface area contributed by atoms with E-state index in [9.17, 15) is 9.59 Å². The van der Waals surface area contributed by atoms with Gasteiger partial charge in [-0.3, -0.25) is 9.59 Å². The van der Waals surface area contributed by atoms with Crippen LogP contribution in [0.15, 0.2) is 29.6 Å². The monoisotopic (exact) mass is 374 g/mol. The highest BCUT2D eigenvalue weighted by atomic mass is 32.1. The zero-order valence-corrected chi connectivity index (χ0v) is 16.8. The molecule has 0 radical (unpaired) electrons. The van der Waals surface area contributed by atoms with Crippen LogP contribution >= 0.6 is 11.3 Å². The molecule has 5 nitrogen and oxygen atoms in total. The lowest BCUT2D eigenvalue weighted by molar-refractivity contribution is -0.881. The maximum absolute atomic E-state index is 12.4. The smallest absolute Gasteiger partial charge is 0.279 e. The third-order valence-corrected chi connectivity index (χ3v) is 5.18. The second-order valence-corrected chi connectivity index (χ2v) is 7.67. The largest absolute Gasteiger partial charge is 0.346 e. The van der Waals surface area contributed by atoms with E-state index in [1.807, 2.05) is 45.2 Å². The number of carbonyl (C=O) groups is 2. The van der Waals surface area contributed by atoms with E-state index in [1.54, 1.807) is 11.3 Å². The Labute approximate surface area is 159 Å². The van der Waals surface area contributed by atoms with E-state index in [4.69, 9.17) is 0 Å². The zero-order valence-electron chi connectivity index (χ0n) is 15.9. The van der Waals surface area contributed by atoms with E-state index >= 15 is 0 Å². The SMILES string of the molecule is CC[NH+](CC(=O)NCc1cccs1)CC(=O)Nc1c(C)cc(C)cc1C. The molecule has 1 aromatic carbocycles. The molecule has 2 amide bonds. The standard InChI is InChI=1S/C20H27N3O2S/c1-5-23(12-18(24)21-11-17-7-6-8-26-17)13-19(25)22-20-15(3)9-14(2)10-16(20)4/h6-10H,5,11-13H2,1-4H3,(H,21,24)(H,22,25)/p+1. The molecule has 0 aliphatic carbocycles. The molecule has 1 aromatic heterocycles. The van der Waals surface area contributed by atoms with Crippen molar-refractivity contribution in [3.8, 4) is 0 Å². The minimum atomic E-state index is -0.0667. The number of nitrogens with one attached hydrogen (secondary N) is 3. The molecule has 0 saturated carbocycles. The van der Waals surface area contributed by atoms with Crippen LogP contribution < -0.4 is 15.5 Å². The summed E-state index contributed by atoms with van der Waals surface area (Å²) in [5.41, 5.74) is 4.17. The molecule has 3 N–H and O–H groups in total. The molecular weight excluding hydrogens is 346 g/mol. The zero-order chi connectivity index (χ0) is 19.1. The van der Waals surface area contributed by atoms with Crippen molar-refractivity contribution in [2.75, 3.05) is 25.0 Å². The molecule has 0 saturated heterocycles. The molecule has 26 heavy (non-hydrogen) atoms. The molecule has 0 aliphatic rings. The Morgan fingerprint density at radius 1 is 1.08 bits per heavy atom. The number of benzene rings is 1. The Balaban J connectivity index is 1.86. The van der Waals surface area contributed by atoms with E-state index in [0.717, 1.165) is 26.6 Å². The normalized spacial score (nSPS) is 11.8. The van der Waals surface area contributed by atoms with E-state index in [0.29, 0.717) is 19.6 Å². The molecule has 2 rings (SSSR count). The first-order chi connectivity index (χ1) is 12.4. The average molecular weight is 375 g/mol. The van der Waals surface area contributed by atoms with Gasteiger partial charge in [0.15, 0.2) is 13.1 Å². The molecule has 1 atom stereocenters. The number of quaternary nitrogens is 1. The van der Waals surface area contributed by atoms with E-state index in [-0.39, 0.29) is 18.4 Å². The summed E-state index contributed by atoms with van der Waals surface area (Å²) in [6, 6.07) is 8.08. The van der Waals surface area contributed by atoms with Gasteiger partial charge in [0.25, 0.3) is 11.8 Å². The minimum absolute atomic E-state index is 0.0363. The Morgan fingerprint density at radius 2 is 1.73 bits per heavy atom. The van der Waals surface area contributed by atoms with Crippen molar-refractivity contribution in [1.29, 1.82) is 0 Å². The van der Waals surface area contributed by atoms with Crippen LogP contribution in [0.1, 0.15) is 28.5 Å². The molecule has 0 aliphatic heterocycles. The maximum Gasteiger partial charge on any atom is 0.279 e. The van der Waals surface area contributed by atoms with Crippen molar-refractivity contribution in [3.05, 3.63) is 51.2 Å². The van der Waals surface area contributed by atoms with E-state index in [2.05, 4.69) is 22.8 Å². The fourth-order valence-corrected chi connectivity index (χ4v) is 3.63. The predicted octanol–water partition coefficient (Wildman–Crippen LogP) is 1.83. The Bertz CT molecular complexity index is 733. The van der Waals surface area contributed by atoms with Gasteiger partial charge in [-0.15, -0.1) is 11.3 Å². The van der Waals surface area contributed by atoms with Crippen LogP contribution in [0.4, 0.5) is 5.69 Å². The van der Waals surface area contributed by atoms with Crippen LogP contribution in [-0.2, 0) is 16.1 Å². The number of rotatable bonds is 8. The van der Waals surface area contributed by atoms with Crippen molar-refractivity contribution in [3.63, 3.8) is 0 Å². The Morgan fingerprint density at radius 3 is 2.31 bits per heavy atom. The van der Waals surface area contributed by atoms with E-state index in [1.165, 1.54) is 5.56 Å². The summed E-state index contributed by atoms with van der Waals surface area (Å²) in [6.45, 7) is 9.85. The minimum Gasteiger partial charge on any atom is -0.346 e. The highest BCUT2D eigenvalue weighted by molar-refractivity contribution is 7.09. The Kier molecular flexibility index (Phi) is 7.36. The number of hydrogen-bond donors (Lipinski definition) is 3. The van der Waals surface area contributed by atoms with Gasteiger partial charge in [0, 0.05) is 10.6 Å². The lowest BCUT2D eigenvalue weighted by Gasteiger charge is -2.18. The molecule has 0 bridgehead atoms. The first kappa shape index (κ1) is 20.1. The van der Waals surface area contributed by atoms with Crippen molar-refractivity contribution in [2.24, 2.45) is 0 Å². The average Bonchev–Trinajstić information content (AvgIpc) is 3.09. The van der Waals surface area contributed by atoms with Gasteiger partial charge < -0.3 is 15.5 Å². The molecule has 0 fully saturated rings. The van der Waals surface area contributed by atoms with Gasteiger partial charge in [-0.1, -0.05) is 23.8 Å². The number of aryl methyl sites for hydroxylation is 3. The van der Waals surface area contributed by atoms with Crippen LogP contribution in [0.25, 0.3) is 0 Å². The Hall–Kier alpha value is -2.18. The number of thiophene rings is 1. The molecule has 140 valence electrons. The van der Waals surface area contributed by atoms with Gasteiger partial charge in [0.05, 0.1) is 13.1 Å². The van der Waals surface area contributed by atoms with Crippen LogP contribution in [0.5, 0.6) is 0 Å². The second kappa shape index (κ2) is 9.50. The molecule has 1 heterocycles. The third kappa shape index (κ3) is 5.97. The summed E-state index contributed by atoms with van der Waals surface area (Å²) < 4.78 is 0. The van der Waals surface area contributed by atoms with Gasteiger partial charge in [0.2, 0.25) is 0 Å². The summed E-state index contributed by atoms with van der Waals surface area (Å²) in [7, 11) is 0.